The summed E-state index contributed by atoms with van der Waals surface area (Å²) in [6, 6.07) is 29.1. The summed E-state index contributed by atoms with van der Waals surface area (Å²) in [7, 11) is 3.35. The lowest BCUT2D eigenvalue weighted by molar-refractivity contribution is -0.203. The standard InChI is InChI=1S/C39H42N6O4/c1-39(2,3)38(46)49-42-18-19-43(32-13-12-31-23-41-45(36(31)21-32)25-28-8-16-34(48-5)17-9-28)37(26-42)29-10-11-30-22-40-44(35(30)20-29)24-27-6-14-33(47-4)15-7-27/h6-17,20-23,37H,18-19,24-26H2,1-5H3. The summed E-state index contributed by atoms with van der Waals surface area (Å²) in [6.07, 6.45) is 3.83. The summed E-state index contributed by atoms with van der Waals surface area (Å²) in [5, 5.41) is 13.4. The Hall–Kier alpha value is -5.35. The fourth-order valence-electron chi connectivity index (χ4n) is 6.28. The number of ether oxygens (including phenoxy) is 2. The maximum absolute atomic E-state index is 13.0. The van der Waals surface area contributed by atoms with Gasteiger partial charge in [0, 0.05) is 23.0 Å². The van der Waals surface area contributed by atoms with Gasteiger partial charge in [0.25, 0.3) is 0 Å². The quantitative estimate of drug-likeness (QED) is 0.167. The zero-order valence-electron chi connectivity index (χ0n) is 28.7. The van der Waals surface area contributed by atoms with Crippen LogP contribution in [0.3, 0.4) is 0 Å². The average molecular weight is 659 g/mol. The molecule has 1 atom stereocenters. The van der Waals surface area contributed by atoms with E-state index in [1.54, 1.807) is 14.2 Å². The van der Waals surface area contributed by atoms with Crippen molar-refractivity contribution in [1.82, 2.24) is 24.6 Å². The average Bonchev–Trinajstić information content (AvgIpc) is 3.71. The van der Waals surface area contributed by atoms with Gasteiger partial charge in [-0.25, -0.2) is 4.79 Å². The molecule has 4 aromatic carbocycles. The van der Waals surface area contributed by atoms with Crippen molar-refractivity contribution in [3.05, 3.63) is 114 Å². The van der Waals surface area contributed by atoms with Crippen molar-refractivity contribution < 1.29 is 19.1 Å². The smallest absolute Gasteiger partial charge is 0.330 e. The van der Waals surface area contributed by atoms with Crippen LogP contribution in [0.15, 0.2) is 97.3 Å². The Morgan fingerprint density at radius 2 is 1.29 bits per heavy atom. The normalized spacial score (nSPS) is 15.5. The van der Waals surface area contributed by atoms with E-state index >= 15 is 0 Å². The number of hydroxylamine groups is 2. The second-order valence-corrected chi connectivity index (χ2v) is 13.6. The molecular weight excluding hydrogens is 616 g/mol. The van der Waals surface area contributed by atoms with E-state index in [1.165, 1.54) is 0 Å². The first-order chi connectivity index (χ1) is 23.7. The molecular formula is C39H42N6O4. The van der Waals surface area contributed by atoms with Crippen LogP contribution in [-0.4, -0.2) is 64.4 Å². The van der Waals surface area contributed by atoms with Gasteiger partial charge in [0.05, 0.1) is 75.3 Å². The van der Waals surface area contributed by atoms with Crippen LogP contribution >= 0.6 is 0 Å². The van der Waals surface area contributed by atoms with E-state index in [0.29, 0.717) is 32.7 Å². The number of nitrogens with zero attached hydrogens (tertiary/aromatic N) is 6. The molecule has 49 heavy (non-hydrogen) atoms. The highest BCUT2D eigenvalue weighted by Gasteiger charge is 2.33. The number of rotatable bonds is 9. The van der Waals surface area contributed by atoms with Gasteiger partial charge in [-0.3, -0.25) is 9.36 Å². The Kier molecular flexibility index (Phi) is 8.73. The number of carbonyl (C=O) groups is 1. The summed E-state index contributed by atoms with van der Waals surface area (Å²) in [5.41, 5.74) is 5.98. The third-order valence-electron chi connectivity index (χ3n) is 9.16. The second kappa shape index (κ2) is 13.3. The molecule has 1 aliphatic heterocycles. The first kappa shape index (κ1) is 32.2. The molecule has 0 saturated carbocycles. The van der Waals surface area contributed by atoms with Crippen molar-refractivity contribution in [3.63, 3.8) is 0 Å². The van der Waals surface area contributed by atoms with E-state index in [0.717, 1.165) is 55.7 Å². The zero-order valence-corrected chi connectivity index (χ0v) is 28.7. The molecule has 0 aliphatic carbocycles. The highest BCUT2D eigenvalue weighted by atomic mass is 16.7. The van der Waals surface area contributed by atoms with Crippen molar-refractivity contribution in [2.45, 2.75) is 39.9 Å². The van der Waals surface area contributed by atoms with Gasteiger partial charge in [0.2, 0.25) is 0 Å². The Balaban J connectivity index is 1.22. The van der Waals surface area contributed by atoms with E-state index in [4.69, 9.17) is 24.5 Å². The fourth-order valence-corrected chi connectivity index (χ4v) is 6.28. The van der Waals surface area contributed by atoms with E-state index in [1.807, 2.05) is 71.9 Å². The Bertz CT molecular complexity index is 2080. The number of aromatic nitrogens is 4. The topological polar surface area (TPSA) is 86.9 Å². The van der Waals surface area contributed by atoms with Gasteiger partial charge in [0.15, 0.2) is 0 Å². The number of fused-ring (bicyclic) bond motifs is 2. The third kappa shape index (κ3) is 6.82. The molecule has 0 spiro atoms. The molecule has 6 aromatic rings. The molecule has 2 aromatic heterocycles. The zero-order chi connectivity index (χ0) is 34.1. The lowest BCUT2D eigenvalue weighted by atomic mass is 9.97. The maximum Gasteiger partial charge on any atom is 0.330 e. The van der Waals surface area contributed by atoms with Gasteiger partial charge in [-0.05, 0) is 86.0 Å². The number of anilines is 1. The van der Waals surface area contributed by atoms with Crippen LogP contribution in [0, 0.1) is 5.41 Å². The lowest BCUT2D eigenvalue weighted by Gasteiger charge is -2.42. The Morgan fingerprint density at radius 1 is 0.735 bits per heavy atom. The van der Waals surface area contributed by atoms with Crippen LogP contribution in [0.1, 0.15) is 43.5 Å². The van der Waals surface area contributed by atoms with Gasteiger partial charge >= 0.3 is 5.97 Å². The molecule has 1 fully saturated rings. The maximum atomic E-state index is 13.0. The van der Waals surface area contributed by atoms with Crippen molar-refractivity contribution >= 4 is 33.5 Å². The summed E-state index contributed by atoms with van der Waals surface area (Å²) in [4.78, 5) is 21.3. The first-order valence-corrected chi connectivity index (χ1v) is 16.6. The van der Waals surface area contributed by atoms with Crippen molar-refractivity contribution in [2.24, 2.45) is 5.41 Å². The van der Waals surface area contributed by atoms with Crippen LogP contribution in [-0.2, 0) is 22.7 Å². The summed E-state index contributed by atoms with van der Waals surface area (Å²) in [6.45, 7) is 8.69. The van der Waals surface area contributed by atoms with Gasteiger partial charge in [-0.1, -0.05) is 36.4 Å². The van der Waals surface area contributed by atoms with Crippen molar-refractivity contribution in [3.8, 4) is 11.5 Å². The van der Waals surface area contributed by atoms with Gasteiger partial charge in [-0.2, -0.15) is 10.2 Å². The fraction of sp³-hybridized carbons (Fsp3) is 0.308. The van der Waals surface area contributed by atoms with Crippen LogP contribution in [0.5, 0.6) is 11.5 Å². The lowest BCUT2D eigenvalue weighted by Crippen LogP contribution is -2.50. The summed E-state index contributed by atoms with van der Waals surface area (Å²) < 4.78 is 14.8. The molecule has 10 heteroatoms. The van der Waals surface area contributed by atoms with Gasteiger partial charge < -0.3 is 19.2 Å². The second-order valence-electron chi connectivity index (χ2n) is 13.6. The van der Waals surface area contributed by atoms with Crippen LogP contribution < -0.4 is 14.4 Å². The number of benzene rings is 4. The molecule has 0 bridgehead atoms. The molecule has 0 radical (unpaired) electrons. The molecule has 0 amide bonds. The van der Waals surface area contributed by atoms with Crippen LogP contribution in [0.4, 0.5) is 5.69 Å². The van der Waals surface area contributed by atoms with Crippen LogP contribution in [0.25, 0.3) is 21.8 Å². The number of carbonyl (C=O) groups excluding carboxylic acids is 1. The van der Waals surface area contributed by atoms with Crippen molar-refractivity contribution in [1.29, 1.82) is 0 Å². The SMILES string of the molecule is COc1ccc(Cn2ncc3ccc(C4CN(OC(=O)C(C)(C)C)CCN4c4ccc5cnn(Cc6ccc(OC)cc6)c5c4)cc32)cc1. The van der Waals surface area contributed by atoms with E-state index in [2.05, 4.69) is 65.6 Å². The molecule has 7 rings (SSSR count). The summed E-state index contributed by atoms with van der Waals surface area (Å²) >= 11 is 0. The minimum absolute atomic E-state index is 0.0920. The monoisotopic (exact) mass is 658 g/mol. The highest BCUT2D eigenvalue weighted by molar-refractivity contribution is 5.83. The molecule has 0 N–H and O–H groups in total. The van der Waals surface area contributed by atoms with E-state index < -0.39 is 5.41 Å². The predicted molar refractivity (Wildman–Crippen MR) is 191 cm³/mol. The number of hydrogen-bond acceptors (Lipinski definition) is 8. The van der Waals surface area contributed by atoms with E-state index in [-0.39, 0.29) is 12.0 Å². The van der Waals surface area contributed by atoms with Gasteiger partial charge in [-0.15, -0.1) is 5.06 Å². The highest BCUT2D eigenvalue weighted by Crippen LogP contribution is 2.35. The van der Waals surface area contributed by atoms with Crippen molar-refractivity contribution in [2.75, 3.05) is 38.8 Å². The number of hydrogen-bond donors (Lipinski definition) is 0. The molecule has 1 unspecified atom stereocenters. The Labute approximate surface area is 286 Å². The van der Waals surface area contributed by atoms with Crippen LogP contribution in [0.2, 0.25) is 0 Å². The third-order valence-corrected chi connectivity index (χ3v) is 9.16. The van der Waals surface area contributed by atoms with Gasteiger partial charge in [0.1, 0.15) is 11.5 Å². The number of methoxy groups -OCH3 is 2. The molecule has 1 saturated heterocycles. The molecule has 1 aliphatic rings. The minimum atomic E-state index is -0.604. The molecule has 3 heterocycles. The number of piperazine rings is 1. The first-order valence-electron chi connectivity index (χ1n) is 16.6. The Morgan fingerprint density at radius 3 is 1.84 bits per heavy atom. The molecule has 10 nitrogen and oxygen atoms in total. The minimum Gasteiger partial charge on any atom is -0.497 e. The van der Waals surface area contributed by atoms with E-state index in [9.17, 15) is 4.79 Å². The largest absolute Gasteiger partial charge is 0.497 e. The summed E-state index contributed by atoms with van der Waals surface area (Å²) in [5.74, 6) is 1.42. The molecule has 252 valence electrons. The predicted octanol–water partition coefficient (Wildman–Crippen LogP) is 6.87.